The number of benzene rings is 1. The Morgan fingerprint density at radius 1 is 1.50 bits per heavy atom. The molecule has 1 aromatic rings. The molecule has 5 nitrogen and oxygen atoms in total. The highest BCUT2D eigenvalue weighted by Crippen LogP contribution is 2.21. The molecule has 0 heterocycles. The Bertz CT molecular complexity index is 523. The van der Waals surface area contributed by atoms with Gasteiger partial charge in [0, 0.05) is 13.6 Å². The summed E-state index contributed by atoms with van der Waals surface area (Å²) in [7, 11) is -2.63. The van der Waals surface area contributed by atoms with Gasteiger partial charge in [0.2, 0.25) is 10.0 Å². The van der Waals surface area contributed by atoms with Crippen LogP contribution in [0.25, 0.3) is 0 Å². The molecule has 0 aliphatic heterocycles. The van der Waals surface area contributed by atoms with Gasteiger partial charge in [0.15, 0.2) is 0 Å². The van der Waals surface area contributed by atoms with Gasteiger partial charge in [-0.25, -0.2) is 12.8 Å². The molecule has 0 radical (unpaired) electrons. The van der Waals surface area contributed by atoms with E-state index in [-0.39, 0.29) is 16.5 Å². The average molecular weight is 298 g/mol. The second-order valence-corrected chi connectivity index (χ2v) is 6.15. The topological polar surface area (TPSA) is 77.8 Å². The van der Waals surface area contributed by atoms with E-state index in [1.54, 1.807) is 0 Å². The molecule has 1 atom stereocenters. The van der Waals surface area contributed by atoms with E-state index in [0.29, 0.717) is 0 Å². The van der Waals surface area contributed by atoms with Gasteiger partial charge in [-0.15, -0.1) is 0 Å². The number of rotatable bonds is 5. The lowest BCUT2D eigenvalue weighted by atomic mass is 10.3. The molecule has 0 amide bonds. The Hall–Kier alpha value is -0.730. The van der Waals surface area contributed by atoms with Crippen LogP contribution >= 0.6 is 11.6 Å². The molecule has 0 spiro atoms. The molecule has 102 valence electrons. The molecule has 0 aliphatic carbocycles. The number of sulfonamides is 1. The number of aliphatic hydroxyl groups is 2. The molecule has 0 fully saturated rings. The van der Waals surface area contributed by atoms with E-state index in [1.165, 1.54) is 7.05 Å². The van der Waals surface area contributed by atoms with Gasteiger partial charge < -0.3 is 10.2 Å². The third-order valence-corrected chi connectivity index (χ3v) is 4.39. The second-order valence-electron chi connectivity index (χ2n) is 3.70. The first kappa shape index (κ1) is 15.3. The fourth-order valence-electron chi connectivity index (χ4n) is 1.27. The molecule has 18 heavy (non-hydrogen) atoms. The Labute approximate surface area is 109 Å². The standard InChI is InChI=1S/C10H13ClFNO4S/c1-13(5-7(15)6-14)18(16,17)8-2-3-10(12)9(11)4-8/h2-4,7,14-15H,5-6H2,1H3. The first-order valence-corrected chi connectivity index (χ1v) is 6.81. The summed E-state index contributed by atoms with van der Waals surface area (Å²) in [5.41, 5.74) is 0. The van der Waals surface area contributed by atoms with Crippen LogP contribution in [0.1, 0.15) is 0 Å². The summed E-state index contributed by atoms with van der Waals surface area (Å²) in [5, 5.41) is 17.6. The van der Waals surface area contributed by atoms with E-state index < -0.39 is 28.6 Å². The Kier molecular flexibility index (Phi) is 5.06. The molecule has 0 aliphatic rings. The van der Waals surface area contributed by atoms with Gasteiger partial charge in [-0.3, -0.25) is 0 Å². The van der Waals surface area contributed by atoms with Gasteiger partial charge in [-0.2, -0.15) is 4.31 Å². The minimum Gasteiger partial charge on any atom is -0.394 e. The molecule has 1 aromatic carbocycles. The maximum atomic E-state index is 12.9. The second kappa shape index (κ2) is 5.94. The van der Waals surface area contributed by atoms with E-state index in [4.69, 9.17) is 16.7 Å². The number of hydrogen-bond acceptors (Lipinski definition) is 4. The van der Waals surface area contributed by atoms with E-state index >= 15 is 0 Å². The van der Waals surface area contributed by atoms with Crippen molar-refractivity contribution in [3.63, 3.8) is 0 Å². The van der Waals surface area contributed by atoms with Crippen molar-refractivity contribution >= 4 is 21.6 Å². The first-order valence-electron chi connectivity index (χ1n) is 4.99. The zero-order chi connectivity index (χ0) is 13.9. The van der Waals surface area contributed by atoms with Crippen LogP contribution in [0.15, 0.2) is 23.1 Å². The normalized spacial score (nSPS) is 13.9. The van der Waals surface area contributed by atoms with Gasteiger partial charge in [0.05, 0.1) is 22.6 Å². The zero-order valence-corrected chi connectivity index (χ0v) is 11.1. The van der Waals surface area contributed by atoms with Gasteiger partial charge in [0.25, 0.3) is 0 Å². The van der Waals surface area contributed by atoms with Crippen molar-refractivity contribution in [2.45, 2.75) is 11.0 Å². The lowest BCUT2D eigenvalue weighted by Crippen LogP contribution is -2.35. The average Bonchev–Trinajstić information content (AvgIpc) is 2.32. The van der Waals surface area contributed by atoms with Crippen molar-refractivity contribution in [2.24, 2.45) is 0 Å². The van der Waals surface area contributed by atoms with Crippen molar-refractivity contribution in [3.05, 3.63) is 29.0 Å². The number of likely N-dealkylation sites (N-methyl/N-ethyl adjacent to an activating group) is 1. The maximum absolute atomic E-state index is 12.9. The third-order valence-electron chi connectivity index (χ3n) is 2.28. The number of halogens is 2. The van der Waals surface area contributed by atoms with Gasteiger partial charge >= 0.3 is 0 Å². The third kappa shape index (κ3) is 3.39. The van der Waals surface area contributed by atoms with E-state index in [2.05, 4.69) is 0 Å². The van der Waals surface area contributed by atoms with Crippen LogP contribution in [0.2, 0.25) is 5.02 Å². The van der Waals surface area contributed by atoms with Crippen molar-refractivity contribution in [1.82, 2.24) is 4.31 Å². The van der Waals surface area contributed by atoms with Crippen molar-refractivity contribution in [3.8, 4) is 0 Å². The van der Waals surface area contributed by atoms with E-state index in [0.717, 1.165) is 22.5 Å². The van der Waals surface area contributed by atoms with E-state index in [1.807, 2.05) is 0 Å². The lowest BCUT2D eigenvalue weighted by molar-refractivity contribution is 0.0826. The lowest BCUT2D eigenvalue weighted by Gasteiger charge is -2.19. The zero-order valence-electron chi connectivity index (χ0n) is 9.55. The molecule has 1 rings (SSSR count). The molecule has 0 saturated heterocycles. The van der Waals surface area contributed by atoms with Crippen LogP contribution in [-0.4, -0.2) is 49.2 Å². The van der Waals surface area contributed by atoms with Crippen molar-refractivity contribution in [1.29, 1.82) is 0 Å². The fourth-order valence-corrected chi connectivity index (χ4v) is 2.75. The van der Waals surface area contributed by atoms with Crippen LogP contribution in [0.4, 0.5) is 4.39 Å². The molecular weight excluding hydrogens is 285 g/mol. The molecule has 0 bridgehead atoms. The highest BCUT2D eigenvalue weighted by Gasteiger charge is 2.23. The quantitative estimate of drug-likeness (QED) is 0.827. The SMILES string of the molecule is CN(CC(O)CO)S(=O)(=O)c1ccc(F)c(Cl)c1. The number of hydrogen-bond donors (Lipinski definition) is 2. The summed E-state index contributed by atoms with van der Waals surface area (Å²) >= 11 is 5.51. The molecule has 0 aromatic heterocycles. The number of nitrogens with zero attached hydrogens (tertiary/aromatic N) is 1. The minimum atomic E-state index is -3.87. The summed E-state index contributed by atoms with van der Waals surface area (Å²) in [6.07, 6.45) is -1.18. The van der Waals surface area contributed by atoms with Crippen molar-refractivity contribution in [2.75, 3.05) is 20.2 Å². The van der Waals surface area contributed by atoms with Crippen LogP contribution in [-0.2, 0) is 10.0 Å². The monoisotopic (exact) mass is 297 g/mol. The Morgan fingerprint density at radius 3 is 2.61 bits per heavy atom. The first-order chi connectivity index (χ1) is 8.28. The van der Waals surface area contributed by atoms with Crippen LogP contribution in [0, 0.1) is 5.82 Å². The summed E-state index contributed by atoms with van der Waals surface area (Å²) in [5.74, 6) is -0.714. The molecular formula is C10H13ClFNO4S. The maximum Gasteiger partial charge on any atom is 0.242 e. The highest BCUT2D eigenvalue weighted by molar-refractivity contribution is 7.89. The molecule has 8 heteroatoms. The van der Waals surface area contributed by atoms with Crippen LogP contribution in [0.5, 0.6) is 0 Å². The Morgan fingerprint density at radius 2 is 2.11 bits per heavy atom. The highest BCUT2D eigenvalue weighted by atomic mass is 35.5. The van der Waals surface area contributed by atoms with E-state index in [9.17, 15) is 17.9 Å². The summed E-state index contributed by atoms with van der Waals surface area (Å²) in [6, 6.07) is 3.03. The Balaban J connectivity index is 3.02. The van der Waals surface area contributed by atoms with Crippen molar-refractivity contribution < 1.29 is 23.0 Å². The summed E-state index contributed by atoms with van der Waals surface area (Å²) in [6.45, 7) is -0.822. The van der Waals surface area contributed by atoms with Gasteiger partial charge in [-0.05, 0) is 18.2 Å². The van der Waals surface area contributed by atoms with Gasteiger partial charge in [-0.1, -0.05) is 11.6 Å². The largest absolute Gasteiger partial charge is 0.394 e. The fraction of sp³-hybridized carbons (Fsp3) is 0.400. The smallest absolute Gasteiger partial charge is 0.242 e. The predicted molar refractivity (Wildman–Crippen MR) is 64.3 cm³/mol. The molecule has 0 saturated carbocycles. The molecule has 2 N–H and O–H groups in total. The van der Waals surface area contributed by atoms with Crippen LogP contribution < -0.4 is 0 Å². The molecule has 1 unspecified atom stereocenters. The summed E-state index contributed by atoms with van der Waals surface area (Å²) in [4.78, 5) is -0.179. The minimum absolute atomic E-state index is 0.179. The summed E-state index contributed by atoms with van der Waals surface area (Å²) < 4.78 is 37.8. The predicted octanol–water partition coefficient (Wildman–Crippen LogP) is 0.453. The van der Waals surface area contributed by atoms with Gasteiger partial charge in [0.1, 0.15) is 5.82 Å². The number of aliphatic hydroxyl groups excluding tert-OH is 2. The van der Waals surface area contributed by atoms with Crippen LogP contribution in [0.3, 0.4) is 0 Å².